The molecule has 2 N–H and O–H groups in total. The maximum atomic E-state index is 13.5. The van der Waals surface area contributed by atoms with Gasteiger partial charge in [0.1, 0.15) is 5.82 Å². The van der Waals surface area contributed by atoms with E-state index in [1.54, 1.807) is 24.3 Å². The van der Waals surface area contributed by atoms with Crippen LogP contribution in [0.15, 0.2) is 53.5 Å². The molecule has 0 bridgehead atoms. The van der Waals surface area contributed by atoms with E-state index in [0.717, 1.165) is 23.5 Å². The summed E-state index contributed by atoms with van der Waals surface area (Å²) in [4.78, 5) is 17.2. The van der Waals surface area contributed by atoms with E-state index < -0.39 is 5.82 Å². The van der Waals surface area contributed by atoms with Crippen molar-refractivity contribution in [2.75, 3.05) is 11.9 Å². The molecule has 0 saturated heterocycles. The van der Waals surface area contributed by atoms with E-state index in [1.165, 1.54) is 18.2 Å². The number of aliphatic imine (C=N–C) groups is 1. The number of benzene rings is 2. The number of aryl methyl sites for hydroxylation is 2. The average molecular weight is 442 g/mol. The van der Waals surface area contributed by atoms with Gasteiger partial charge < -0.3 is 5.32 Å². The number of anilines is 1. The fraction of sp³-hybridized carbons (Fsp3) is 0.261. The van der Waals surface area contributed by atoms with E-state index in [4.69, 9.17) is 11.6 Å². The van der Waals surface area contributed by atoms with Gasteiger partial charge in [0, 0.05) is 30.0 Å². The molecule has 1 amide bonds. The highest BCUT2D eigenvalue weighted by Crippen LogP contribution is 2.19. The van der Waals surface area contributed by atoms with E-state index in [2.05, 4.69) is 27.6 Å². The molecule has 162 valence electrons. The molecule has 0 aliphatic carbocycles. The summed E-state index contributed by atoms with van der Waals surface area (Å²) in [5.41, 5.74) is 4.25. The first kappa shape index (κ1) is 22.5. The molecule has 8 heteroatoms. The molecule has 1 aromatic heterocycles. The molecule has 0 atom stereocenters. The summed E-state index contributed by atoms with van der Waals surface area (Å²) in [7, 11) is 0. The summed E-state index contributed by atoms with van der Waals surface area (Å²) in [5.74, 6) is -0.557. The third-order valence-electron chi connectivity index (χ3n) is 4.91. The molecular formula is C23H25ClFN5O. The van der Waals surface area contributed by atoms with Gasteiger partial charge in [-0.15, -0.1) is 0 Å². The zero-order chi connectivity index (χ0) is 22.4. The second-order valence-electron chi connectivity index (χ2n) is 7.02. The van der Waals surface area contributed by atoms with E-state index in [9.17, 15) is 9.18 Å². The molecule has 0 unspecified atom stereocenters. The molecule has 0 fully saturated rings. The molecule has 0 saturated carbocycles. The Morgan fingerprint density at radius 3 is 2.58 bits per heavy atom. The molecule has 31 heavy (non-hydrogen) atoms. The first-order chi connectivity index (χ1) is 14.9. The van der Waals surface area contributed by atoms with Gasteiger partial charge in [0.15, 0.2) is 0 Å². The maximum Gasteiger partial charge on any atom is 0.257 e. The van der Waals surface area contributed by atoms with Crippen molar-refractivity contribution < 1.29 is 9.18 Å². The number of hydrogen-bond acceptors (Lipinski definition) is 3. The number of nitrogens with zero attached hydrogens (tertiary/aromatic N) is 3. The highest BCUT2D eigenvalue weighted by molar-refractivity contribution is 6.31. The zero-order valence-corrected chi connectivity index (χ0v) is 18.5. The van der Waals surface area contributed by atoms with Gasteiger partial charge in [-0.05, 0) is 63.1 Å². The second-order valence-corrected chi connectivity index (χ2v) is 7.43. The molecule has 0 aliphatic rings. The van der Waals surface area contributed by atoms with Crippen molar-refractivity contribution in [2.24, 2.45) is 4.99 Å². The highest BCUT2D eigenvalue weighted by Gasteiger charge is 2.12. The van der Waals surface area contributed by atoms with Crippen LogP contribution in [0.4, 0.5) is 10.1 Å². The van der Waals surface area contributed by atoms with Crippen LogP contribution in [0.1, 0.15) is 34.2 Å². The lowest BCUT2D eigenvalue weighted by atomic mass is 10.1. The Bertz CT molecular complexity index is 1090. The lowest BCUT2D eigenvalue weighted by Crippen LogP contribution is -2.36. The molecule has 1 heterocycles. The summed E-state index contributed by atoms with van der Waals surface area (Å²) in [6, 6.07) is 13.1. The van der Waals surface area contributed by atoms with Crippen molar-refractivity contribution in [3.8, 4) is 0 Å². The van der Waals surface area contributed by atoms with E-state index in [0.29, 0.717) is 24.2 Å². The molecule has 3 rings (SSSR count). The lowest BCUT2D eigenvalue weighted by molar-refractivity contribution is 0.0977. The first-order valence-electron chi connectivity index (χ1n) is 10.0. The van der Waals surface area contributed by atoms with Crippen LogP contribution in [0.25, 0.3) is 0 Å². The number of rotatable bonds is 6. The van der Waals surface area contributed by atoms with Gasteiger partial charge in [0.25, 0.3) is 5.91 Å². The van der Waals surface area contributed by atoms with Gasteiger partial charge in [0.05, 0.1) is 10.7 Å². The van der Waals surface area contributed by atoms with Crippen LogP contribution in [0, 0.1) is 19.7 Å². The summed E-state index contributed by atoms with van der Waals surface area (Å²) in [5, 5.41) is 10.3. The number of nitrogens with one attached hydrogen (secondary N) is 2. The van der Waals surface area contributed by atoms with Crippen molar-refractivity contribution in [1.29, 1.82) is 0 Å². The number of carbonyl (C=O) groups is 1. The van der Waals surface area contributed by atoms with Crippen LogP contribution >= 0.6 is 11.6 Å². The van der Waals surface area contributed by atoms with Crippen molar-refractivity contribution in [3.05, 3.63) is 81.9 Å². The quantitative estimate of drug-likeness (QED) is 0.428. The topological polar surface area (TPSA) is 71.3 Å². The SMILES string of the molecule is CCn1nc(C)c(CCN=C(NC(=O)c2ccccc2)Nc2ccc(F)c(Cl)c2)c1C. The number of aromatic nitrogens is 2. The number of hydrogen-bond donors (Lipinski definition) is 2. The highest BCUT2D eigenvalue weighted by atomic mass is 35.5. The Morgan fingerprint density at radius 1 is 1.19 bits per heavy atom. The number of amides is 1. The predicted octanol–water partition coefficient (Wildman–Crippen LogP) is 4.75. The van der Waals surface area contributed by atoms with E-state index in [-0.39, 0.29) is 16.9 Å². The van der Waals surface area contributed by atoms with Crippen molar-refractivity contribution >= 4 is 29.2 Å². The van der Waals surface area contributed by atoms with Crippen molar-refractivity contribution in [1.82, 2.24) is 15.1 Å². The van der Waals surface area contributed by atoms with E-state index in [1.807, 2.05) is 24.6 Å². The van der Waals surface area contributed by atoms with E-state index >= 15 is 0 Å². The van der Waals surface area contributed by atoms with Crippen LogP contribution in [0.5, 0.6) is 0 Å². The second kappa shape index (κ2) is 10.2. The minimum Gasteiger partial charge on any atom is -0.326 e. The largest absolute Gasteiger partial charge is 0.326 e. The van der Waals surface area contributed by atoms with Crippen molar-refractivity contribution in [3.63, 3.8) is 0 Å². The average Bonchev–Trinajstić information content (AvgIpc) is 3.04. The zero-order valence-electron chi connectivity index (χ0n) is 17.7. The Balaban J connectivity index is 1.79. The standard InChI is InChI=1S/C23H25ClFN5O/c1-4-30-16(3)19(15(2)29-30)12-13-26-23(27-18-10-11-21(25)20(24)14-18)28-22(31)17-8-6-5-7-9-17/h5-11,14H,4,12-13H2,1-3H3,(H2,26,27,28,31). The monoisotopic (exact) mass is 441 g/mol. The molecule has 0 radical (unpaired) electrons. The van der Waals surface area contributed by atoms with Crippen LogP contribution < -0.4 is 10.6 Å². The van der Waals surface area contributed by atoms with Crippen LogP contribution in [-0.2, 0) is 13.0 Å². The molecule has 3 aromatic rings. The molecule has 2 aromatic carbocycles. The smallest absolute Gasteiger partial charge is 0.257 e. The Hall–Kier alpha value is -3.19. The van der Waals surface area contributed by atoms with Crippen molar-refractivity contribution in [2.45, 2.75) is 33.7 Å². The third-order valence-corrected chi connectivity index (χ3v) is 5.20. The minimum absolute atomic E-state index is 0.0167. The van der Waals surface area contributed by atoms with Crippen LogP contribution in [-0.4, -0.2) is 28.2 Å². The van der Waals surface area contributed by atoms with Gasteiger partial charge in [-0.3, -0.25) is 19.8 Å². The fourth-order valence-corrected chi connectivity index (χ4v) is 3.45. The predicted molar refractivity (Wildman–Crippen MR) is 122 cm³/mol. The summed E-state index contributed by atoms with van der Waals surface area (Å²) in [6.45, 7) is 7.31. The Kier molecular flexibility index (Phi) is 7.41. The Morgan fingerprint density at radius 2 is 1.94 bits per heavy atom. The maximum absolute atomic E-state index is 13.5. The van der Waals surface area contributed by atoms with Crippen LogP contribution in [0.2, 0.25) is 5.02 Å². The molecular weight excluding hydrogens is 417 g/mol. The number of carbonyl (C=O) groups excluding carboxylic acids is 1. The fourth-order valence-electron chi connectivity index (χ4n) is 3.27. The normalized spacial score (nSPS) is 11.5. The summed E-state index contributed by atoms with van der Waals surface area (Å²) >= 11 is 5.88. The van der Waals surface area contributed by atoms with Gasteiger partial charge in [-0.25, -0.2) is 4.39 Å². The lowest BCUT2D eigenvalue weighted by Gasteiger charge is -2.12. The number of guanidine groups is 1. The van der Waals surface area contributed by atoms with Crippen LogP contribution in [0.3, 0.4) is 0 Å². The number of halogens is 2. The molecule has 0 aliphatic heterocycles. The van der Waals surface area contributed by atoms with Gasteiger partial charge in [-0.2, -0.15) is 5.10 Å². The van der Waals surface area contributed by atoms with Gasteiger partial charge in [0.2, 0.25) is 5.96 Å². The molecule has 6 nitrogen and oxygen atoms in total. The minimum atomic E-state index is -0.516. The first-order valence-corrected chi connectivity index (χ1v) is 10.4. The summed E-state index contributed by atoms with van der Waals surface area (Å²) < 4.78 is 15.5. The molecule has 0 spiro atoms. The van der Waals surface area contributed by atoms with Gasteiger partial charge in [-0.1, -0.05) is 29.8 Å². The van der Waals surface area contributed by atoms with Gasteiger partial charge >= 0.3 is 0 Å². The summed E-state index contributed by atoms with van der Waals surface area (Å²) in [6.07, 6.45) is 0.675. The third kappa shape index (κ3) is 5.70. The Labute approximate surface area is 186 Å².